The number of amides is 1. The van der Waals surface area contributed by atoms with E-state index in [1.165, 1.54) is 21.8 Å². The number of nitrogens with one attached hydrogen (secondary N) is 2. The molecule has 166 valence electrons. The number of hydrogen-bond acceptors (Lipinski definition) is 6. The van der Waals surface area contributed by atoms with Gasteiger partial charge in [-0.3, -0.25) is 4.79 Å². The minimum atomic E-state index is -0.362. The lowest BCUT2D eigenvalue weighted by Gasteiger charge is -2.34. The molecule has 0 bridgehead atoms. The second-order valence-electron chi connectivity index (χ2n) is 9.50. The average Bonchev–Trinajstić information content (AvgIpc) is 3.41. The van der Waals surface area contributed by atoms with E-state index in [4.69, 9.17) is 4.74 Å². The molecule has 1 aliphatic carbocycles. The van der Waals surface area contributed by atoms with Crippen molar-refractivity contribution in [2.75, 3.05) is 5.32 Å². The Morgan fingerprint density at radius 2 is 1.91 bits per heavy atom. The van der Waals surface area contributed by atoms with E-state index in [0.717, 1.165) is 35.4 Å². The molecule has 0 fully saturated rings. The van der Waals surface area contributed by atoms with Crippen LogP contribution in [0.3, 0.4) is 0 Å². The first kappa shape index (κ1) is 21.2. The number of thiophene rings is 2. The Kier molecular flexibility index (Phi) is 5.34. The molecule has 7 heteroatoms. The van der Waals surface area contributed by atoms with E-state index in [1.54, 1.807) is 29.5 Å². The maximum Gasteiger partial charge on any atom is 0.353 e. The molecule has 2 N–H and O–H groups in total. The van der Waals surface area contributed by atoms with Gasteiger partial charge >= 0.3 is 5.97 Å². The highest BCUT2D eigenvalue weighted by atomic mass is 32.1. The van der Waals surface area contributed by atoms with Gasteiger partial charge in [0.25, 0.3) is 5.91 Å². The molecule has 3 heterocycles. The predicted octanol–water partition coefficient (Wildman–Crippen LogP) is 6.03. The SMILES string of the molecule is CC(C)(C)[C@@H]1CCc2c(sc3c2C(=O)N[C@H](c2ccc(OC(=O)c4cccs4)cc2)N3)C1. The van der Waals surface area contributed by atoms with Crippen LogP contribution >= 0.6 is 22.7 Å². The van der Waals surface area contributed by atoms with Gasteiger partial charge in [-0.05, 0) is 65.3 Å². The topological polar surface area (TPSA) is 67.4 Å². The van der Waals surface area contributed by atoms with Crippen LogP contribution in [0.5, 0.6) is 5.75 Å². The van der Waals surface area contributed by atoms with Crippen molar-refractivity contribution in [2.45, 2.75) is 46.2 Å². The average molecular weight is 467 g/mol. The molecule has 2 aromatic heterocycles. The molecule has 0 saturated carbocycles. The van der Waals surface area contributed by atoms with Crippen molar-refractivity contribution in [3.63, 3.8) is 0 Å². The lowest BCUT2D eigenvalue weighted by Crippen LogP contribution is -2.38. The normalized spacial score (nSPS) is 20.0. The van der Waals surface area contributed by atoms with E-state index in [0.29, 0.717) is 16.5 Å². The van der Waals surface area contributed by atoms with E-state index in [9.17, 15) is 9.59 Å². The van der Waals surface area contributed by atoms with Gasteiger partial charge < -0.3 is 15.4 Å². The molecule has 0 spiro atoms. The number of esters is 1. The van der Waals surface area contributed by atoms with Gasteiger partial charge in [0, 0.05) is 4.88 Å². The Labute approximate surface area is 195 Å². The van der Waals surface area contributed by atoms with Crippen LogP contribution in [0.4, 0.5) is 5.00 Å². The molecular formula is C25H26N2O3S2. The van der Waals surface area contributed by atoms with Gasteiger partial charge in [0.2, 0.25) is 0 Å². The minimum absolute atomic E-state index is 0.0105. The fourth-order valence-corrected chi connectivity index (χ4v) is 6.44. The number of fused-ring (bicyclic) bond motifs is 3. The fourth-order valence-electron chi connectivity index (χ4n) is 4.48. The summed E-state index contributed by atoms with van der Waals surface area (Å²) in [6.45, 7) is 6.91. The van der Waals surface area contributed by atoms with Crippen molar-refractivity contribution in [2.24, 2.45) is 11.3 Å². The van der Waals surface area contributed by atoms with E-state index in [2.05, 4.69) is 31.4 Å². The molecule has 1 aliphatic heterocycles. The van der Waals surface area contributed by atoms with Crippen LogP contribution in [-0.2, 0) is 12.8 Å². The van der Waals surface area contributed by atoms with E-state index in [1.807, 2.05) is 23.6 Å². The first-order chi connectivity index (χ1) is 15.3. The number of hydrogen-bond donors (Lipinski definition) is 2. The quantitative estimate of drug-likeness (QED) is 0.365. The van der Waals surface area contributed by atoms with Crippen molar-refractivity contribution in [1.82, 2.24) is 5.32 Å². The molecule has 2 atom stereocenters. The number of carbonyl (C=O) groups excluding carboxylic acids is 2. The summed E-state index contributed by atoms with van der Waals surface area (Å²) in [7, 11) is 0. The maximum atomic E-state index is 13.0. The summed E-state index contributed by atoms with van der Waals surface area (Å²) in [5, 5.41) is 9.43. The van der Waals surface area contributed by atoms with Crippen LogP contribution in [0.25, 0.3) is 0 Å². The lowest BCUT2D eigenvalue weighted by molar-refractivity contribution is 0.0739. The summed E-state index contributed by atoms with van der Waals surface area (Å²) in [5.41, 5.74) is 3.24. The third-order valence-electron chi connectivity index (χ3n) is 6.41. The smallest absolute Gasteiger partial charge is 0.353 e. The zero-order valence-electron chi connectivity index (χ0n) is 18.4. The Bertz CT molecular complexity index is 1160. The summed E-state index contributed by atoms with van der Waals surface area (Å²) in [6, 6.07) is 10.8. The van der Waals surface area contributed by atoms with Gasteiger partial charge in [0.05, 0.1) is 5.56 Å². The molecule has 0 radical (unpaired) electrons. The molecule has 0 unspecified atom stereocenters. The first-order valence-corrected chi connectivity index (χ1v) is 12.6. The molecule has 0 saturated heterocycles. The Hall–Kier alpha value is -2.64. The maximum absolute atomic E-state index is 13.0. The van der Waals surface area contributed by atoms with Gasteiger partial charge in [-0.1, -0.05) is 39.0 Å². The van der Waals surface area contributed by atoms with Gasteiger partial charge in [-0.15, -0.1) is 22.7 Å². The van der Waals surface area contributed by atoms with Crippen molar-refractivity contribution < 1.29 is 14.3 Å². The summed E-state index contributed by atoms with van der Waals surface area (Å²) in [5.74, 6) is 0.746. The van der Waals surface area contributed by atoms with Crippen LogP contribution in [0.15, 0.2) is 41.8 Å². The van der Waals surface area contributed by atoms with Crippen LogP contribution < -0.4 is 15.4 Å². The first-order valence-electron chi connectivity index (χ1n) is 10.9. The molecule has 3 aromatic rings. The lowest BCUT2D eigenvalue weighted by atomic mass is 9.72. The second kappa shape index (κ2) is 8.05. The zero-order chi connectivity index (χ0) is 22.5. The summed E-state index contributed by atoms with van der Waals surface area (Å²) in [4.78, 5) is 27.1. The monoisotopic (exact) mass is 466 g/mol. The van der Waals surface area contributed by atoms with Crippen LogP contribution in [0.1, 0.15) is 69.4 Å². The Morgan fingerprint density at radius 3 is 2.59 bits per heavy atom. The third-order valence-corrected chi connectivity index (χ3v) is 8.45. The number of anilines is 1. The highest BCUT2D eigenvalue weighted by molar-refractivity contribution is 7.16. The Morgan fingerprint density at radius 1 is 1.12 bits per heavy atom. The van der Waals surface area contributed by atoms with E-state index >= 15 is 0 Å². The summed E-state index contributed by atoms with van der Waals surface area (Å²) >= 11 is 3.08. The largest absolute Gasteiger partial charge is 0.422 e. The minimum Gasteiger partial charge on any atom is -0.422 e. The van der Waals surface area contributed by atoms with Crippen LogP contribution in [0, 0.1) is 11.3 Å². The zero-order valence-corrected chi connectivity index (χ0v) is 20.0. The molecule has 1 amide bonds. The third kappa shape index (κ3) is 3.95. The molecule has 5 nitrogen and oxygen atoms in total. The highest BCUT2D eigenvalue weighted by Crippen LogP contribution is 2.46. The van der Waals surface area contributed by atoms with E-state index in [-0.39, 0.29) is 23.5 Å². The van der Waals surface area contributed by atoms with Crippen molar-refractivity contribution in [1.29, 1.82) is 0 Å². The Balaban J connectivity index is 1.32. The standard InChI is InChI=1S/C25H26N2O3S2/c1-25(2,3)15-8-11-17-19(13-15)32-23-20(17)22(28)26-21(27-23)14-6-9-16(10-7-14)30-24(29)18-5-4-12-31-18/h4-7,9-10,12,15,21,27H,8,11,13H2,1-3H3,(H,26,28)/t15-,21+/m1/s1. The van der Waals surface area contributed by atoms with Gasteiger partial charge in [-0.2, -0.15) is 0 Å². The van der Waals surface area contributed by atoms with Crippen molar-refractivity contribution in [3.05, 3.63) is 68.2 Å². The number of carbonyl (C=O) groups is 2. The van der Waals surface area contributed by atoms with Crippen LogP contribution in [-0.4, -0.2) is 11.9 Å². The molecule has 32 heavy (non-hydrogen) atoms. The van der Waals surface area contributed by atoms with Crippen LogP contribution in [0.2, 0.25) is 0 Å². The van der Waals surface area contributed by atoms with Crippen molar-refractivity contribution in [3.8, 4) is 5.75 Å². The number of rotatable bonds is 3. The summed E-state index contributed by atoms with van der Waals surface area (Å²) in [6.07, 6.45) is 2.82. The molecule has 1 aromatic carbocycles. The molecule has 2 aliphatic rings. The molecule has 5 rings (SSSR count). The fraction of sp³-hybridized carbons (Fsp3) is 0.360. The van der Waals surface area contributed by atoms with E-state index < -0.39 is 0 Å². The van der Waals surface area contributed by atoms with Gasteiger partial charge in [0.1, 0.15) is 21.8 Å². The predicted molar refractivity (Wildman–Crippen MR) is 129 cm³/mol. The van der Waals surface area contributed by atoms with Gasteiger partial charge in [0.15, 0.2) is 0 Å². The number of benzene rings is 1. The molecular weight excluding hydrogens is 440 g/mol. The summed E-state index contributed by atoms with van der Waals surface area (Å²) < 4.78 is 5.44. The number of ether oxygens (including phenoxy) is 1. The second-order valence-corrected chi connectivity index (χ2v) is 11.6. The van der Waals surface area contributed by atoms with Crippen molar-refractivity contribution >= 4 is 39.6 Å². The van der Waals surface area contributed by atoms with Gasteiger partial charge in [-0.25, -0.2) is 4.79 Å². The highest BCUT2D eigenvalue weighted by Gasteiger charge is 2.36.